The predicted molar refractivity (Wildman–Crippen MR) is 94.1 cm³/mol. The minimum absolute atomic E-state index is 0.149. The van der Waals surface area contributed by atoms with Crippen LogP contribution < -0.4 is 4.90 Å². The van der Waals surface area contributed by atoms with Crippen molar-refractivity contribution in [3.8, 4) is 0 Å². The molecule has 0 spiro atoms. The summed E-state index contributed by atoms with van der Waals surface area (Å²) in [4.78, 5) is 17.6. The summed E-state index contributed by atoms with van der Waals surface area (Å²) in [5.41, 5.74) is -1.05. The maximum atomic E-state index is 13.0. The van der Waals surface area contributed by atoms with E-state index in [1.807, 2.05) is 6.92 Å². The second-order valence-electron chi connectivity index (χ2n) is 6.68. The Morgan fingerprint density at radius 1 is 1.36 bits per heavy atom. The van der Waals surface area contributed by atoms with Crippen LogP contribution in [0, 0.1) is 0 Å². The summed E-state index contributed by atoms with van der Waals surface area (Å²) in [5, 5.41) is 0.510. The van der Waals surface area contributed by atoms with E-state index in [1.165, 1.54) is 17.8 Å². The second kappa shape index (κ2) is 7.27. The summed E-state index contributed by atoms with van der Waals surface area (Å²) in [5.74, 6) is 0. The fourth-order valence-electron chi connectivity index (χ4n) is 2.26. The highest BCUT2D eigenvalue weighted by Crippen LogP contribution is 2.36. The number of thioether (sulfide) groups is 1. The van der Waals surface area contributed by atoms with Crippen molar-refractivity contribution in [3.63, 3.8) is 0 Å². The van der Waals surface area contributed by atoms with Gasteiger partial charge in [0.1, 0.15) is 5.60 Å². The quantitative estimate of drug-likeness (QED) is 0.702. The Balaban J connectivity index is 2.32. The van der Waals surface area contributed by atoms with E-state index >= 15 is 0 Å². The summed E-state index contributed by atoms with van der Waals surface area (Å²) in [7, 11) is 0. The first-order valence-corrected chi connectivity index (χ1v) is 8.80. The molecule has 0 N–H and O–H groups in total. The molecule has 1 saturated heterocycles. The van der Waals surface area contributed by atoms with E-state index in [1.54, 1.807) is 31.7 Å². The highest BCUT2D eigenvalue weighted by atomic mass is 32.2. The minimum Gasteiger partial charge on any atom is -0.442 e. The lowest BCUT2D eigenvalue weighted by molar-refractivity contribution is -0.137. The molecule has 1 aliphatic rings. The van der Waals surface area contributed by atoms with Gasteiger partial charge >= 0.3 is 12.3 Å². The van der Waals surface area contributed by atoms with Crippen LogP contribution in [0.15, 0.2) is 29.3 Å². The largest absolute Gasteiger partial charge is 0.442 e. The lowest BCUT2D eigenvalue weighted by Gasteiger charge is -2.21. The van der Waals surface area contributed by atoms with Crippen molar-refractivity contribution in [3.05, 3.63) is 29.8 Å². The molecule has 0 saturated carbocycles. The predicted octanol–water partition coefficient (Wildman–Crippen LogP) is 5.33. The molecule has 8 heteroatoms. The molecular weight excluding hydrogens is 353 g/mol. The van der Waals surface area contributed by atoms with Crippen molar-refractivity contribution in [1.82, 2.24) is 0 Å². The standard InChI is InChI=1S/C17H21F3N2O2S/c1-5-13-10-22(12-8-6-7-11(9-12)17(18,19)20)14(25-13)21-15(23)24-16(2,3)4/h6-9,13H,5,10H2,1-4H3. The van der Waals surface area contributed by atoms with E-state index < -0.39 is 23.4 Å². The molecule has 4 nitrogen and oxygen atoms in total. The molecule has 0 bridgehead atoms. The first kappa shape index (κ1) is 19.6. The monoisotopic (exact) mass is 374 g/mol. The number of rotatable bonds is 2. The Bertz CT molecular complexity index is 669. The zero-order valence-corrected chi connectivity index (χ0v) is 15.4. The summed E-state index contributed by atoms with van der Waals surface area (Å²) in [6.45, 7) is 7.66. The molecule has 1 aromatic rings. The van der Waals surface area contributed by atoms with Crippen molar-refractivity contribution in [1.29, 1.82) is 0 Å². The van der Waals surface area contributed by atoms with Crippen LogP contribution in [-0.2, 0) is 10.9 Å². The van der Waals surface area contributed by atoms with Gasteiger partial charge in [0.2, 0.25) is 0 Å². The number of hydrogen-bond acceptors (Lipinski definition) is 3. The Labute approximate surface area is 149 Å². The number of amides is 1. The van der Waals surface area contributed by atoms with Crippen LogP contribution >= 0.6 is 11.8 Å². The van der Waals surface area contributed by atoms with E-state index in [4.69, 9.17) is 4.74 Å². The lowest BCUT2D eigenvalue weighted by atomic mass is 10.2. The van der Waals surface area contributed by atoms with Gasteiger partial charge < -0.3 is 9.64 Å². The van der Waals surface area contributed by atoms with E-state index in [9.17, 15) is 18.0 Å². The zero-order chi connectivity index (χ0) is 18.8. The Kier molecular flexibility index (Phi) is 5.71. The molecule has 0 aliphatic carbocycles. The summed E-state index contributed by atoms with van der Waals surface area (Å²) in [6, 6.07) is 5.03. The highest BCUT2D eigenvalue weighted by Gasteiger charge is 2.34. The van der Waals surface area contributed by atoms with Crippen molar-refractivity contribution >= 4 is 28.7 Å². The molecule has 1 aliphatic heterocycles. The molecule has 1 unspecified atom stereocenters. The van der Waals surface area contributed by atoms with Crippen LogP contribution in [0.4, 0.5) is 23.7 Å². The number of hydrogen-bond donors (Lipinski definition) is 0. The van der Waals surface area contributed by atoms with Crippen LogP contribution in [0.25, 0.3) is 0 Å². The number of benzene rings is 1. The smallest absolute Gasteiger partial charge is 0.436 e. The first-order chi connectivity index (χ1) is 11.5. The van der Waals surface area contributed by atoms with Gasteiger partial charge in [0.25, 0.3) is 0 Å². The number of carbonyl (C=O) groups excluding carboxylic acids is 1. The number of amidine groups is 1. The van der Waals surface area contributed by atoms with Gasteiger partial charge in [-0.2, -0.15) is 18.2 Å². The average Bonchev–Trinajstić information content (AvgIpc) is 2.87. The van der Waals surface area contributed by atoms with Crippen molar-refractivity contribution < 1.29 is 22.7 Å². The first-order valence-electron chi connectivity index (χ1n) is 7.92. The van der Waals surface area contributed by atoms with E-state index in [-0.39, 0.29) is 5.25 Å². The van der Waals surface area contributed by atoms with Crippen molar-refractivity contribution in [2.45, 2.75) is 51.1 Å². The highest BCUT2D eigenvalue weighted by molar-refractivity contribution is 8.15. The fraction of sp³-hybridized carbons (Fsp3) is 0.529. The Hall–Kier alpha value is -1.70. The van der Waals surface area contributed by atoms with E-state index in [0.29, 0.717) is 17.4 Å². The molecule has 0 radical (unpaired) electrons. The number of alkyl halides is 3. The summed E-state index contributed by atoms with van der Waals surface area (Å²) in [6.07, 6.45) is -4.35. The van der Waals surface area contributed by atoms with Gasteiger partial charge in [-0.25, -0.2) is 4.79 Å². The minimum atomic E-state index is -4.42. The van der Waals surface area contributed by atoms with E-state index in [2.05, 4.69) is 4.99 Å². The molecule has 138 valence electrons. The zero-order valence-electron chi connectivity index (χ0n) is 14.6. The summed E-state index contributed by atoms with van der Waals surface area (Å²) >= 11 is 1.38. The average molecular weight is 374 g/mol. The van der Waals surface area contributed by atoms with Gasteiger partial charge in [0.05, 0.1) is 5.56 Å². The molecular formula is C17H21F3N2O2S. The molecule has 1 aromatic carbocycles. The number of anilines is 1. The molecule has 0 aromatic heterocycles. The third kappa shape index (κ3) is 5.39. The Morgan fingerprint density at radius 2 is 2.04 bits per heavy atom. The normalized spacial score (nSPS) is 20.2. The molecule has 1 heterocycles. The molecule has 25 heavy (non-hydrogen) atoms. The van der Waals surface area contributed by atoms with Gasteiger partial charge in [-0.1, -0.05) is 24.8 Å². The van der Waals surface area contributed by atoms with Crippen molar-refractivity contribution in [2.24, 2.45) is 4.99 Å². The van der Waals surface area contributed by atoms with Crippen LogP contribution in [-0.4, -0.2) is 28.7 Å². The number of ether oxygens (including phenoxy) is 1. The van der Waals surface area contributed by atoms with Crippen LogP contribution in [0.5, 0.6) is 0 Å². The molecule has 1 fully saturated rings. The molecule has 1 atom stereocenters. The van der Waals surface area contributed by atoms with Crippen LogP contribution in [0.3, 0.4) is 0 Å². The number of aliphatic imine (C=N–C) groups is 1. The maximum absolute atomic E-state index is 13.0. The third-order valence-corrected chi connectivity index (χ3v) is 4.75. The summed E-state index contributed by atoms with van der Waals surface area (Å²) < 4.78 is 44.1. The number of carbonyl (C=O) groups is 1. The van der Waals surface area contributed by atoms with E-state index in [0.717, 1.165) is 18.6 Å². The molecule has 2 rings (SSSR count). The van der Waals surface area contributed by atoms with Gasteiger partial charge in [-0.15, -0.1) is 0 Å². The van der Waals surface area contributed by atoms with Crippen LogP contribution in [0.2, 0.25) is 0 Å². The van der Waals surface area contributed by atoms with Gasteiger partial charge in [0, 0.05) is 17.5 Å². The number of nitrogens with zero attached hydrogens (tertiary/aromatic N) is 2. The van der Waals surface area contributed by atoms with Crippen LogP contribution in [0.1, 0.15) is 39.7 Å². The van der Waals surface area contributed by atoms with Gasteiger partial charge in [0.15, 0.2) is 5.17 Å². The second-order valence-corrected chi connectivity index (χ2v) is 7.95. The lowest BCUT2D eigenvalue weighted by Crippen LogP contribution is -2.28. The van der Waals surface area contributed by atoms with Gasteiger partial charge in [-0.05, 0) is 45.4 Å². The van der Waals surface area contributed by atoms with Gasteiger partial charge in [-0.3, -0.25) is 0 Å². The third-order valence-electron chi connectivity index (χ3n) is 3.41. The topological polar surface area (TPSA) is 41.9 Å². The number of halogens is 3. The fourth-order valence-corrected chi connectivity index (χ4v) is 3.38. The Morgan fingerprint density at radius 3 is 2.60 bits per heavy atom. The SMILES string of the molecule is CCC1CN(c2cccc(C(F)(F)F)c2)C(=NC(=O)OC(C)(C)C)S1. The van der Waals surface area contributed by atoms with Crippen molar-refractivity contribution in [2.75, 3.05) is 11.4 Å². The molecule has 1 amide bonds. The maximum Gasteiger partial charge on any atom is 0.436 e.